The van der Waals surface area contributed by atoms with E-state index in [9.17, 15) is 14.4 Å². The van der Waals surface area contributed by atoms with Crippen molar-refractivity contribution in [3.05, 3.63) is 104 Å². The highest BCUT2D eigenvalue weighted by Crippen LogP contribution is 2.35. The largest absolute Gasteiger partial charge is 0.423 e. The summed E-state index contributed by atoms with van der Waals surface area (Å²) in [5, 5.41) is 0.383. The number of nitrogens with zero attached hydrogens (tertiary/aromatic N) is 1. The molecule has 1 aliphatic rings. The minimum atomic E-state index is -0.453. The Labute approximate surface area is 204 Å². The monoisotopic (exact) mass is 497 g/mol. The Morgan fingerprint density at radius 2 is 1.67 bits per heavy atom. The summed E-state index contributed by atoms with van der Waals surface area (Å²) in [5.74, 6) is -0.498. The molecule has 0 atom stereocenters. The van der Waals surface area contributed by atoms with E-state index in [0.29, 0.717) is 32.5 Å². The van der Waals surface area contributed by atoms with E-state index in [4.69, 9.17) is 27.9 Å². The third kappa shape index (κ3) is 5.30. The van der Waals surface area contributed by atoms with Gasteiger partial charge in [0.15, 0.2) is 0 Å². The molecule has 1 aliphatic heterocycles. The van der Waals surface area contributed by atoms with Crippen molar-refractivity contribution in [1.29, 1.82) is 0 Å². The smallest absolute Gasteiger partial charge is 0.343 e. The Kier molecular flexibility index (Phi) is 6.88. The first kappa shape index (κ1) is 23.1. The van der Waals surface area contributed by atoms with E-state index in [1.54, 1.807) is 66.7 Å². The van der Waals surface area contributed by atoms with Crippen molar-refractivity contribution < 1.29 is 19.1 Å². The Balaban J connectivity index is 1.46. The first-order valence-corrected chi connectivity index (χ1v) is 11.5. The maximum absolute atomic E-state index is 12.8. The fourth-order valence-corrected chi connectivity index (χ4v) is 4.55. The van der Waals surface area contributed by atoms with Gasteiger partial charge < -0.3 is 4.74 Å². The lowest BCUT2D eigenvalue weighted by atomic mass is 10.1. The SMILES string of the molecule is Cc1cccc(C(=O)Oc2ccc(/C=C3\SC(=O)N(Cc4c(Cl)cccc4Cl)C3=O)cc2)c1. The minimum absolute atomic E-state index is 0.00559. The highest BCUT2D eigenvalue weighted by Gasteiger charge is 2.35. The first-order valence-electron chi connectivity index (χ1n) is 9.89. The molecule has 0 aromatic heterocycles. The number of aryl methyl sites for hydroxylation is 1. The van der Waals surface area contributed by atoms with Crippen LogP contribution in [0.1, 0.15) is 27.0 Å². The fourth-order valence-electron chi connectivity index (χ4n) is 3.20. The van der Waals surface area contributed by atoms with Crippen LogP contribution in [0.3, 0.4) is 0 Å². The number of hydrogen-bond donors (Lipinski definition) is 0. The quantitative estimate of drug-likeness (QED) is 0.221. The average molecular weight is 498 g/mol. The number of thioether (sulfide) groups is 1. The molecule has 5 nitrogen and oxygen atoms in total. The predicted molar refractivity (Wildman–Crippen MR) is 131 cm³/mol. The van der Waals surface area contributed by atoms with Crippen molar-refractivity contribution in [2.75, 3.05) is 0 Å². The van der Waals surface area contributed by atoms with Gasteiger partial charge in [0, 0.05) is 15.6 Å². The number of esters is 1. The number of ether oxygens (including phenoxy) is 1. The average Bonchev–Trinajstić information content (AvgIpc) is 3.04. The molecule has 1 fully saturated rings. The molecule has 0 N–H and O–H groups in total. The van der Waals surface area contributed by atoms with Crippen molar-refractivity contribution in [3.8, 4) is 5.75 Å². The minimum Gasteiger partial charge on any atom is -0.423 e. The summed E-state index contributed by atoms with van der Waals surface area (Å²) >= 11 is 13.2. The van der Waals surface area contributed by atoms with Crippen LogP contribution in [0, 0.1) is 6.92 Å². The standard InChI is InChI=1S/C25H17Cl2NO4S/c1-15-4-2-5-17(12-15)24(30)32-18-10-8-16(9-11-18)13-22-23(29)28(25(31)33-22)14-19-20(26)6-3-7-21(19)27/h2-13H,14H2,1H3/b22-13-. The molecule has 3 aromatic rings. The molecule has 8 heteroatoms. The molecule has 3 aromatic carbocycles. The fraction of sp³-hybridized carbons (Fsp3) is 0.0800. The lowest BCUT2D eigenvalue weighted by Gasteiger charge is -2.14. The normalized spacial score (nSPS) is 14.8. The van der Waals surface area contributed by atoms with Gasteiger partial charge in [-0.3, -0.25) is 14.5 Å². The Morgan fingerprint density at radius 3 is 2.33 bits per heavy atom. The molecule has 166 valence electrons. The topological polar surface area (TPSA) is 63.7 Å². The molecular formula is C25H17Cl2NO4S. The first-order chi connectivity index (χ1) is 15.8. The van der Waals surface area contributed by atoms with Gasteiger partial charge in [-0.15, -0.1) is 0 Å². The van der Waals surface area contributed by atoms with Crippen molar-refractivity contribution in [2.24, 2.45) is 0 Å². The molecule has 2 amide bonds. The zero-order valence-corrected chi connectivity index (χ0v) is 19.7. The number of hydrogen-bond acceptors (Lipinski definition) is 5. The molecule has 0 radical (unpaired) electrons. The third-order valence-corrected chi connectivity index (χ3v) is 6.51. The number of halogens is 2. The summed E-state index contributed by atoms with van der Waals surface area (Å²) in [7, 11) is 0. The molecule has 0 aliphatic carbocycles. The van der Waals surface area contributed by atoms with Gasteiger partial charge in [0.1, 0.15) is 5.75 Å². The predicted octanol–water partition coefficient (Wildman–Crippen LogP) is 6.76. The second kappa shape index (κ2) is 9.83. The second-order valence-corrected chi connectivity index (χ2v) is 9.10. The van der Waals surface area contributed by atoms with Gasteiger partial charge >= 0.3 is 5.97 Å². The van der Waals surface area contributed by atoms with Gasteiger partial charge in [-0.1, -0.05) is 59.1 Å². The highest BCUT2D eigenvalue weighted by atomic mass is 35.5. The maximum Gasteiger partial charge on any atom is 0.343 e. The van der Waals surface area contributed by atoms with Gasteiger partial charge in [0.25, 0.3) is 11.1 Å². The van der Waals surface area contributed by atoms with Crippen molar-refractivity contribution in [1.82, 2.24) is 4.90 Å². The van der Waals surface area contributed by atoms with E-state index in [1.165, 1.54) is 0 Å². The summed E-state index contributed by atoms with van der Waals surface area (Å²) in [4.78, 5) is 38.9. The Bertz CT molecular complexity index is 1270. The molecule has 0 bridgehead atoms. The summed E-state index contributed by atoms with van der Waals surface area (Å²) < 4.78 is 5.41. The van der Waals surface area contributed by atoms with Crippen LogP contribution >= 0.6 is 35.0 Å². The van der Waals surface area contributed by atoms with Crippen LogP contribution in [0.15, 0.2) is 71.6 Å². The van der Waals surface area contributed by atoms with Gasteiger partial charge in [-0.25, -0.2) is 4.79 Å². The maximum atomic E-state index is 12.8. The van der Waals surface area contributed by atoms with E-state index < -0.39 is 17.1 Å². The second-order valence-electron chi connectivity index (χ2n) is 7.30. The number of benzene rings is 3. The van der Waals surface area contributed by atoms with Gasteiger partial charge in [-0.2, -0.15) is 0 Å². The molecule has 1 heterocycles. The van der Waals surface area contributed by atoms with Crippen LogP contribution in [0.25, 0.3) is 6.08 Å². The van der Waals surface area contributed by atoms with Gasteiger partial charge in [-0.05, 0) is 66.7 Å². The Hall–Kier alpha value is -3.06. The zero-order valence-electron chi connectivity index (χ0n) is 17.4. The number of rotatable bonds is 5. The molecule has 0 saturated carbocycles. The van der Waals surface area contributed by atoms with Crippen LogP contribution in [-0.4, -0.2) is 22.0 Å². The summed E-state index contributed by atoms with van der Waals surface area (Å²) in [6.07, 6.45) is 1.62. The van der Waals surface area contributed by atoms with E-state index in [-0.39, 0.29) is 11.4 Å². The molecule has 0 spiro atoms. The summed E-state index contributed by atoms with van der Waals surface area (Å²) in [6, 6.07) is 18.8. The third-order valence-electron chi connectivity index (χ3n) is 4.89. The van der Waals surface area contributed by atoms with E-state index in [2.05, 4.69) is 0 Å². The van der Waals surface area contributed by atoms with Crippen LogP contribution in [0.2, 0.25) is 10.0 Å². The lowest BCUT2D eigenvalue weighted by Crippen LogP contribution is -2.27. The number of carbonyl (C=O) groups excluding carboxylic acids is 3. The van der Waals surface area contributed by atoms with Crippen LogP contribution in [0.5, 0.6) is 5.75 Å². The molecule has 4 rings (SSSR count). The molecule has 33 heavy (non-hydrogen) atoms. The van der Waals surface area contributed by atoms with Crippen molar-refractivity contribution in [3.63, 3.8) is 0 Å². The van der Waals surface area contributed by atoms with Gasteiger partial charge in [0.2, 0.25) is 0 Å². The molecule has 1 saturated heterocycles. The highest BCUT2D eigenvalue weighted by molar-refractivity contribution is 8.18. The number of amides is 2. The van der Waals surface area contributed by atoms with E-state index >= 15 is 0 Å². The van der Waals surface area contributed by atoms with E-state index in [1.807, 2.05) is 13.0 Å². The summed E-state index contributed by atoms with van der Waals surface area (Å²) in [6.45, 7) is 1.89. The lowest BCUT2D eigenvalue weighted by molar-refractivity contribution is -0.123. The number of imide groups is 1. The van der Waals surface area contributed by atoms with Crippen molar-refractivity contribution in [2.45, 2.75) is 13.5 Å². The van der Waals surface area contributed by atoms with Crippen LogP contribution < -0.4 is 4.74 Å². The van der Waals surface area contributed by atoms with Crippen LogP contribution in [-0.2, 0) is 11.3 Å². The van der Waals surface area contributed by atoms with Gasteiger partial charge in [0.05, 0.1) is 17.0 Å². The van der Waals surface area contributed by atoms with Crippen LogP contribution in [0.4, 0.5) is 4.79 Å². The molecule has 0 unspecified atom stereocenters. The van der Waals surface area contributed by atoms with E-state index in [0.717, 1.165) is 22.2 Å². The number of carbonyl (C=O) groups is 3. The Morgan fingerprint density at radius 1 is 1.00 bits per heavy atom. The molecular weight excluding hydrogens is 481 g/mol. The van der Waals surface area contributed by atoms with Crippen molar-refractivity contribution >= 4 is 58.2 Å². The summed E-state index contributed by atoms with van der Waals surface area (Å²) in [5.41, 5.74) is 2.63. The zero-order chi connectivity index (χ0) is 23.5.